The minimum absolute atomic E-state index is 0.211. The van der Waals surface area contributed by atoms with Crippen molar-refractivity contribution in [2.45, 2.75) is 6.92 Å². The van der Waals surface area contributed by atoms with E-state index in [-0.39, 0.29) is 11.4 Å². The average molecular weight is 199 g/mol. The third-order valence-electron chi connectivity index (χ3n) is 2.27. The predicted molar refractivity (Wildman–Crippen MR) is 45.2 cm³/mol. The van der Waals surface area contributed by atoms with Gasteiger partial charge in [-0.2, -0.15) is 0 Å². The van der Waals surface area contributed by atoms with Crippen LogP contribution < -0.4 is 4.57 Å². The maximum atomic E-state index is 10.8. The molecule has 1 aromatic heterocycles. The highest BCUT2D eigenvalue weighted by Gasteiger charge is 2.33. The number of hydrogen-bond acceptors (Lipinski definition) is 2. The second-order valence-corrected chi connectivity index (χ2v) is 2.97. The molecule has 1 rings (SSSR count). The quantitative estimate of drug-likeness (QED) is 0.632. The molecule has 0 aliphatic rings. The van der Waals surface area contributed by atoms with E-state index in [0.717, 1.165) is 0 Å². The van der Waals surface area contributed by atoms with Crippen molar-refractivity contribution in [2.75, 3.05) is 0 Å². The Morgan fingerprint density at radius 1 is 1.29 bits per heavy atom. The highest BCUT2D eigenvalue weighted by atomic mass is 16.4. The van der Waals surface area contributed by atoms with E-state index >= 15 is 0 Å². The number of carbonyl (C=O) groups is 2. The first-order valence-electron chi connectivity index (χ1n) is 3.89. The third-order valence-corrected chi connectivity index (χ3v) is 2.27. The Balaban J connectivity index is 3.62. The van der Waals surface area contributed by atoms with E-state index in [1.165, 1.54) is 23.2 Å². The minimum atomic E-state index is -1.24. The van der Waals surface area contributed by atoms with Gasteiger partial charge in [-0.25, -0.2) is 18.7 Å². The summed E-state index contributed by atoms with van der Waals surface area (Å²) in [6.07, 6.45) is 0. The van der Waals surface area contributed by atoms with Crippen LogP contribution in [0.3, 0.4) is 0 Å². The van der Waals surface area contributed by atoms with Crippen LogP contribution >= 0.6 is 0 Å². The molecule has 0 spiro atoms. The van der Waals surface area contributed by atoms with Gasteiger partial charge in [0.2, 0.25) is 0 Å². The first kappa shape index (κ1) is 10.2. The standard InChI is InChI=1S/C8H10N2O4/c1-4-9(2)5(7(11)12)6(8(13)14)10(4)3/h1-3H3,(H-,11,12,13,14)/p+1. The molecule has 6 heteroatoms. The zero-order valence-corrected chi connectivity index (χ0v) is 8.11. The summed E-state index contributed by atoms with van der Waals surface area (Å²) in [7, 11) is 3.04. The van der Waals surface area contributed by atoms with Gasteiger partial charge in [0.15, 0.2) is 0 Å². The molecular formula is C8H11N2O4+. The molecule has 0 aliphatic carbocycles. The number of hydrogen-bond donors (Lipinski definition) is 2. The van der Waals surface area contributed by atoms with Crippen molar-refractivity contribution in [3.63, 3.8) is 0 Å². The number of carboxylic acid groups (broad SMARTS) is 2. The van der Waals surface area contributed by atoms with Crippen molar-refractivity contribution < 1.29 is 24.4 Å². The van der Waals surface area contributed by atoms with Gasteiger partial charge in [0.25, 0.3) is 17.2 Å². The summed E-state index contributed by atoms with van der Waals surface area (Å²) in [4.78, 5) is 21.6. The Labute approximate surface area is 80.0 Å². The largest absolute Gasteiger partial charge is 0.475 e. The van der Waals surface area contributed by atoms with Gasteiger partial charge in [0.05, 0.1) is 14.1 Å². The second-order valence-electron chi connectivity index (χ2n) is 2.97. The number of aromatic nitrogens is 2. The van der Waals surface area contributed by atoms with E-state index < -0.39 is 11.9 Å². The van der Waals surface area contributed by atoms with Gasteiger partial charge in [0, 0.05) is 6.92 Å². The van der Waals surface area contributed by atoms with Crippen LogP contribution in [0.25, 0.3) is 0 Å². The van der Waals surface area contributed by atoms with Crippen LogP contribution in [0.15, 0.2) is 0 Å². The lowest BCUT2D eigenvalue weighted by molar-refractivity contribution is -0.679. The molecule has 0 amide bonds. The molecule has 6 nitrogen and oxygen atoms in total. The van der Waals surface area contributed by atoms with Gasteiger partial charge in [-0.3, -0.25) is 0 Å². The summed E-state index contributed by atoms with van der Waals surface area (Å²) in [6.45, 7) is 1.65. The van der Waals surface area contributed by atoms with Crippen molar-refractivity contribution in [3.8, 4) is 0 Å². The molecule has 0 unspecified atom stereocenters. The molecule has 1 heterocycles. The summed E-state index contributed by atoms with van der Waals surface area (Å²) in [5, 5.41) is 17.7. The van der Waals surface area contributed by atoms with E-state index in [2.05, 4.69) is 0 Å². The maximum absolute atomic E-state index is 10.8. The fourth-order valence-electron chi connectivity index (χ4n) is 1.36. The predicted octanol–water partition coefficient (Wildman–Crippen LogP) is -0.446. The highest BCUT2D eigenvalue weighted by molar-refractivity contribution is 5.97. The molecule has 76 valence electrons. The van der Waals surface area contributed by atoms with Gasteiger partial charge in [0.1, 0.15) is 0 Å². The smallest absolute Gasteiger partial charge is 0.380 e. The van der Waals surface area contributed by atoms with Crippen LogP contribution in [0.1, 0.15) is 26.8 Å². The second kappa shape index (κ2) is 3.13. The fourth-order valence-corrected chi connectivity index (χ4v) is 1.36. The van der Waals surface area contributed by atoms with Crippen LogP contribution in [0.4, 0.5) is 0 Å². The van der Waals surface area contributed by atoms with Crippen LogP contribution in [-0.4, -0.2) is 26.7 Å². The third kappa shape index (κ3) is 1.24. The van der Waals surface area contributed by atoms with Crippen LogP contribution in [-0.2, 0) is 14.1 Å². The number of imidazole rings is 1. The van der Waals surface area contributed by atoms with Crippen LogP contribution in [0.2, 0.25) is 0 Å². The first-order chi connectivity index (χ1) is 6.37. The Hall–Kier alpha value is -1.85. The number of carboxylic acids is 2. The Morgan fingerprint density at radius 2 is 1.79 bits per heavy atom. The Morgan fingerprint density at radius 3 is 2.07 bits per heavy atom. The minimum Gasteiger partial charge on any atom is -0.475 e. The Bertz CT molecular complexity index is 382. The number of aromatic carboxylic acids is 2. The zero-order valence-electron chi connectivity index (χ0n) is 8.11. The van der Waals surface area contributed by atoms with E-state index in [4.69, 9.17) is 10.2 Å². The molecule has 1 aromatic rings. The molecule has 0 aromatic carbocycles. The van der Waals surface area contributed by atoms with E-state index in [9.17, 15) is 9.59 Å². The van der Waals surface area contributed by atoms with Crippen molar-refractivity contribution in [3.05, 3.63) is 17.2 Å². The Kier molecular flexibility index (Phi) is 2.29. The highest BCUT2D eigenvalue weighted by Crippen LogP contribution is 2.07. The fraction of sp³-hybridized carbons (Fsp3) is 0.375. The molecule has 14 heavy (non-hydrogen) atoms. The number of nitrogens with zero attached hydrogens (tertiary/aromatic N) is 2. The topological polar surface area (TPSA) is 83.4 Å². The van der Waals surface area contributed by atoms with Crippen LogP contribution in [0, 0.1) is 6.92 Å². The lowest BCUT2D eigenvalue weighted by atomic mass is 10.3. The molecular weight excluding hydrogens is 188 g/mol. The maximum Gasteiger partial charge on any atom is 0.380 e. The molecule has 0 saturated carbocycles. The van der Waals surface area contributed by atoms with Gasteiger partial charge < -0.3 is 10.2 Å². The first-order valence-corrected chi connectivity index (χ1v) is 3.89. The van der Waals surface area contributed by atoms with E-state index in [0.29, 0.717) is 5.82 Å². The van der Waals surface area contributed by atoms with Gasteiger partial charge in [-0.05, 0) is 0 Å². The molecule has 0 saturated heterocycles. The SMILES string of the molecule is Cc1n(C)c(C(=O)O)c(C(=O)O)[n+]1C. The molecule has 0 radical (unpaired) electrons. The summed E-state index contributed by atoms with van der Waals surface area (Å²) in [6, 6.07) is 0. The summed E-state index contributed by atoms with van der Waals surface area (Å²) < 4.78 is 2.68. The summed E-state index contributed by atoms with van der Waals surface area (Å²) in [5.74, 6) is -1.91. The van der Waals surface area contributed by atoms with E-state index in [1.807, 2.05) is 0 Å². The lowest BCUT2D eigenvalue weighted by Gasteiger charge is -1.90. The zero-order chi connectivity index (χ0) is 11.0. The van der Waals surface area contributed by atoms with Gasteiger partial charge in [-0.1, -0.05) is 0 Å². The molecule has 0 fully saturated rings. The van der Waals surface area contributed by atoms with Gasteiger partial charge >= 0.3 is 11.9 Å². The van der Waals surface area contributed by atoms with Crippen molar-refractivity contribution >= 4 is 11.9 Å². The normalized spacial score (nSPS) is 10.2. The average Bonchev–Trinajstić information content (AvgIpc) is 2.29. The molecule has 0 aliphatic heterocycles. The van der Waals surface area contributed by atoms with E-state index in [1.54, 1.807) is 6.92 Å². The molecule has 0 bridgehead atoms. The number of rotatable bonds is 2. The summed E-state index contributed by atoms with van der Waals surface area (Å²) >= 11 is 0. The van der Waals surface area contributed by atoms with Crippen LogP contribution in [0.5, 0.6) is 0 Å². The summed E-state index contributed by atoms with van der Waals surface area (Å²) in [5.41, 5.74) is -0.421. The van der Waals surface area contributed by atoms with Gasteiger partial charge in [-0.15, -0.1) is 0 Å². The lowest BCUT2D eigenvalue weighted by Crippen LogP contribution is -2.37. The van der Waals surface area contributed by atoms with Crippen molar-refractivity contribution in [1.29, 1.82) is 0 Å². The molecule has 2 N–H and O–H groups in total. The van der Waals surface area contributed by atoms with Crippen molar-refractivity contribution in [2.24, 2.45) is 14.1 Å². The molecule has 0 atom stereocenters. The monoisotopic (exact) mass is 199 g/mol. The van der Waals surface area contributed by atoms with Crippen molar-refractivity contribution in [1.82, 2.24) is 4.57 Å².